The molecule has 0 saturated carbocycles. The summed E-state index contributed by atoms with van der Waals surface area (Å²) in [5.74, 6) is -1.99. The minimum atomic E-state index is -0.885. The highest BCUT2D eigenvalue weighted by molar-refractivity contribution is 7.18. The van der Waals surface area contributed by atoms with Crippen molar-refractivity contribution in [1.82, 2.24) is 24.6 Å². The van der Waals surface area contributed by atoms with E-state index in [2.05, 4.69) is 6.58 Å². The van der Waals surface area contributed by atoms with E-state index in [9.17, 15) is 19.1 Å². The zero-order chi connectivity index (χ0) is 33.1. The van der Waals surface area contributed by atoms with E-state index in [1.54, 1.807) is 22.9 Å². The van der Waals surface area contributed by atoms with Crippen LogP contribution in [0, 0.1) is 11.6 Å². The van der Waals surface area contributed by atoms with Crippen molar-refractivity contribution < 1.29 is 28.2 Å². The number of amides is 2. The van der Waals surface area contributed by atoms with Crippen molar-refractivity contribution in [3.05, 3.63) is 89.0 Å². The Morgan fingerprint density at radius 2 is 1.98 bits per heavy atom. The van der Waals surface area contributed by atoms with E-state index in [1.165, 1.54) is 24.3 Å². The van der Waals surface area contributed by atoms with E-state index in [1.807, 2.05) is 41.3 Å². The number of benzene rings is 2. The first kappa shape index (κ1) is 30.7. The summed E-state index contributed by atoms with van der Waals surface area (Å²) in [7, 11) is 1.75. The molecule has 0 bridgehead atoms. The Bertz CT molecular complexity index is 2110. The number of hydrogen-bond donors (Lipinski definition) is 1. The first-order chi connectivity index (χ1) is 22.5. The van der Waals surface area contributed by atoms with Crippen LogP contribution >= 0.6 is 11.3 Å². The van der Waals surface area contributed by atoms with Crippen LogP contribution in [0.3, 0.4) is 0 Å². The zero-order valence-electron chi connectivity index (χ0n) is 26.0. The largest absolute Gasteiger partial charge is 0.490 e. The van der Waals surface area contributed by atoms with E-state index in [0.29, 0.717) is 52.5 Å². The average molecular weight is 656 g/mol. The predicted octanol–water partition coefficient (Wildman–Crippen LogP) is 6.21. The number of carbonyl (C=O) groups excluding carboxylic acids is 2. The number of fused-ring (bicyclic) bond motifs is 3. The van der Waals surface area contributed by atoms with E-state index < -0.39 is 17.7 Å². The Kier molecular flexibility index (Phi) is 7.64. The summed E-state index contributed by atoms with van der Waals surface area (Å²) >= 11 is 1.38. The van der Waals surface area contributed by atoms with Crippen LogP contribution in [0.25, 0.3) is 43.9 Å². The number of thiophene rings is 1. The highest BCUT2D eigenvalue weighted by Gasteiger charge is 2.31. The lowest BCUT2D eigenvalue weighted by Gasteiger charge is -2.31. The van der Waals surface area contributed by atoms with Crippen molar-refractivity contribution >= 4 is 33.2 Å². The topological polar surface area (TPSA) is 101 Å². The van der Waals surface area contributed by atoms with E-state index >= 15 is 4.39 Å². The molecule has 0 spiro atoms. The molecule has 5 heterocycles. The normalized spacial score (nSPS) is 16.4. The van der Waals surface area contributed by atoms with Gasteiger partial charge in [-0.15, -0.1) is 11.3 Å². The molecule has 240 valence electrons. The van der Waals surface area contributed by atoms with Crippen LogP contribution in [0.15, 0.2) is 60.5 Å². The van der Waals surface area contributed by atoms with Crippen LogP contribution in [-0.2, 0) is 17.9 Å². The van der Waals surface area contributed by atoms with E-state index in [-0.39, 0.29) is 35.8 Å². The first-order valence-corrected chi connectivity index (χ1v) is 16.0. The molecule has 7 rings (SSSR count). The number of ether oxygens (including phenoxy) is 1. The maximum absolute atomic E-state index is 16.0. The average Bonchev–Trinajstić information content (AvgIpc) is 3.76. The minimum Gasteiger partial charge on any atom is -0.490 e. The fraction of sp³-hybridized carbons (Fsp3) is 0.257. The smallest absolute Gasteiger partial charge is 0.254 e. The second-order valence-electron chi connectivity index (χ2n) is 12.0. The molecule has 0 saturated heterocycles. The molecule has 2 aromatic carbocycles. The van der Waals surface area contributed by atoms with Gasteiger partial charge in [-0.1, -0.05) is 12.6 Å². The van der Waals surface area contributed by atoms with Gasteiger partial charge >= 0.3 is 0 Å². The molecule has 2 unspecified atom stereocenters. The van der Waals surface area contributed by atoms with Crippen LogP contribution in [0.1, 0.15) is 41.5 Å². The van der Waals surface area contributed by atoms with E-state index in [0.717, 1.165) is 34.3 Å². The van der Waals surface area contributed by atoms with Crippen molar-refractivity contribution in [2.75, 3.05) is 20.2 Å². The molecule has 0 radical (unpaired) electrons. The second-order valence-corrected chi connectivity index (χ2v) is 13.0. The zero-order valence-corrected chi connectivity index (χ0v) is 26.8. The molecule has 2 amide bonds. The van der Waals surface area contributed by atoms with Crippen molar-refractivity contribution in [1.29, 1.82) is 0 Å². The van der Waals surface area contributed by atoms with Crippen LogP contribution in [0.5, 0.6) is 5.75 Å². The minimum absolute atomic E-state index is 0.00259. The van der Waals surface area contributed by atoms with Crippen LogP contribution < -0.4 is 4.74 Å². The van der Waals surface area contributed by atoms with Crippen molar-refractivity contribution in [3.8, 4) is 39.5 Å². The van der Waals surface area contributed by atoms with Gasteiger partial charge in [0.1, 0.15) is 35.4 Å². The van der Waals surface area contributed by atoms with Gasteiger partial charge in [-0.2, -0.15) is 5.10 Å². The summed E-state index contributed by atoms with van der Waals surface area (Å²) in [6.45, 7) is 8.11. The number of hydrogen-bond acceptors (Lipinski definition) is 7. The maximum atomic E-state index is 16.0. The Labute approximate surface area is 273 Å². The van der Waals surface area contributed by atoms with Gasteiger partial charge in [0.05, 0.1) is 35.6 Å². The molecular weight excluding hydrogens is 624 g/mol. The lowest BCUT2D eigenvalue weighted by Crippen LogP contribution is -2.39. The first-order valence-electron chi connectivity index (χ1n) is 15.1. The third-order valence-corrected chi connectivity index (χ3v) is 9.45. The number of rotatable bonds is 7. The van der Waals surface area contributed by atoms with Crippen molar-refractivity contribution in [3.63, 3.8) is 0 Å². The van der Waals surface area contributed by atoms with Crippen LogP contribution in [0.2, 0.25) is 0 Å². The molecule has 2 atom stereocenters. The van der Waals surface area contributed by atoms with Crippen LogP contribution in [0.4, 0.5) is 8.78 Å². The number of aliphatic hydroxyl groups excluding tert-OH is 1. The summed E-state index contributed by atoms with van der Waals surface area (Å²) in [4.78, 5) is 33.7. The predicted molar refractivity (Wildman–Crippen MR) is 175 cm³/mol. The Hall–Kier alpha value is -4.94. The molecule has 2 aliphatic heterocycles. The fourth-order valence-electron chi connectivity index (χ4n) is 6.39. The van der Waals surface area contributed by atoms with Gasteiger partial charge in [-0.25, -0.2) is 13.8 Å². The monoisotopic (exact) mass is 655 g/mol. The number of nitrogens with zero attached hydrogens (tertiary/aromatic N) is 5. The molecule has 3 aromatic heterocycles. The fourth-order valence-corrected chi connectivity index (χ4v) is 7.34. The summed E-state index contributed by atoms with van der Waals surface area (Å²) in [5.41, 5.74) is 4.81. The molecule has 47 heavy (non-hydrogen) atoms. The molecule has 5 aromatic rings. The molecule has 12 heteroatoms. The molecular formula is C35H31F2N5O4S. The van der Waals surface area contributed by atoms with Gasteiger partial charge in [0.25, 0.3) is 5.91 Å². The van der Waals surface area contributed by atoms with Gasteiger partial charge in [0.15, 0.2) is 0 Å². The van der Waals surface area contributed by atoms with Crippen molar-refractivity contribution in [2.45, 2.75) is 39.1 Å². The Balaban J connectivity index is 1.49. The van der Waals surface area contributed by atoms with Gasteiger partial charge in [0, 0.05) is 59.0 Å². The van der Waals surface area contributed by atoms with Gasteiger partial charge in [-0.05, 0) is 55.1 Å². The Morgan fingerprint density at radius 3 is 2.74 bits per heavy atom. The second kappa shape index (κ2) is 11.7. The summed E-state index contributed by atoms with van der Waals surface area (Å²) < 4.78 is 39.0. The number of pyridine rings is 1. The maximum Gasteiger partial charge on any atom is 0.254 e. The van der Waals surface area contributed by atoms with E-state index in [4.69, 9.17) is 14.8 Å². The SMILES string of the molecule is C=CC(=O)N1Cc2cc(-c3nc(-c4ccc5c(c4)CN(C)C5=O)c4ccsc4c3-c3c(F)cc(F)cc3OCC(C)O)nn2C(C)C1. The van der Waals surface area contributed by atoms with Crippen molar-refractivity contribution in [2.24, 2.45) is 0 Å². The highest BCUT2D eigenvalue weighted by atomic mass is 32.1. The standard InChI is InChI=1S/C35H31F2N5O4S/c1-5-29(44)41-14-18(2)42-23(16-41)13-27(39-42)33-31(30-26(37)11-22(36)12-28(30)46-17-19(3)43)34-25(8-9-47-34)32(38-33)20-6-7-24-21(10-20)15-40(4)35(24)45/h5-13,18-19,43H,1,14-17H2,2-4H3. The number of aromatic nitrogens is 3. The number of halogens is 2. The summed E-state index contributed by atoms with van der Waals surface area (Å²) in [6, 6.07) is 11.1. The number of aliphatic hydroxyl groups is 1. The molecule has 9 nitrogen and oxygen atoms in total. The summed E-state index contributed by atoms with van der Waals surface area (Å²) in [5, 5.41) is 17.5. The summed E-state index contributed by atoms with van der Waals surface area (Å²) in [6.07, 6.45) is 0.397. The molecule has 0 aliphatic carbocycles. The van der Waals surface area contributed by atoms with Gasteiger partial charge in [-0.3, -0.25) is 14.3 Å². The lowest BCUT2D eigenvalue weighted by atomic mass is 9.95. The molecule has 2 aliphatic rings. The number of carbonyl (C=O) groups is 2. The van der Waals surface area contributed by atoms with Crippen LogP contribution in [-0.4, -0.2) is 67.8 Å². The van der Waals surface area contributed by atoms with Gasteiger partial charge < -0.3 is 19.6 Å². The van der Waals surface area contributed by atoms with Gasteiger partial charge in [0.2, 0.25) is 5.91 Å². The quantitative estimate of drug-likeness (QED) is 0.210. The third kappa shape index (κ3) is 5.27. The Morgan fingerprint density at radius 1 is 1.17 bits per heavy atom. The lowest BCUT2D eigenvalue weighted by molar-refractivity contribution is -0.127. The molecule has 0 fully saturated rings. The highest BCUT2D eigenvalue weighted by Crippen LogP contribution is 2.47. The third-order valence-electron chi connectivity index (χ3n) is 8.52. The molecule has 1 N–H and O–H groups in total.